The lowest BCUT2D eigenvalue weighted by molar-refractivity contribution is -0.00309. The molecule has 2 amide bonds. The molecule has 5 rings (SSSR count). The van der Waals surface area contributed by atoms with Crippen molar-refractivity contribution >= 4 is 21.6 Å². The molecule has 10 heteroatoms. The Balaban J connectivity index is 1.34. The van der Waals surface area contributed by atoms with Gasteiger partial charge in [-0.3, -0.25) is 4.90 Å². The summed E-state index contributed by atoms with van der Waals surface area (Å²) in [5.41, 5.74) is 4.38. The van der Waals surface area contributed by atoms with Crippen molar-refractivity contribution < 1.29 is 22.9 Å². The molecule has 1 aliphatic heterocycles. The number of carbonyl (C=O) groups is 1. The number of likely N-dealkylation sites (tertiary alicyclic amines) is 1. The first-order valence-corrected chi connectivity index (χ1v) is 12.5. The second kappa shape index (κ2) is 7.86. The van der Waals surface area contributed by atoms with Gasteiger partial charge in [-0.05, 0) is 67.7 Å². The molecule has 0 saturated carbocycles. The molecule has 2 heterocycles. The van der Waals surface area contributed by atoms with Crippen LogP contribution in [-0.2, 0) is 42.1 Å². The van der Waals surface area contributed by atoms with E-state index in [1.54, 1.807) is 6.92 Å². The highest BCUT2D eigenvalue weighted by Crippen LogP contribution is 2.41. The number of aliphatic hydroxyl groups excluding tert-OH is 1. The SMILES string of the molecule is Cc1oc(S(=N)(=O)NC(=O)Nc2c3c(c(F)c4c2CCC4)CCC3)cc1CN1CC(O)C1. The van der Waals surface area contributed by atoms with E-state index in [0.717, 1.165) is 29.5 Å². The molecular formula is C22H27FN4O4S. The van der Waals surface area contributed by atoms with Gasteiger partial charge in [-0.1, -0.05) is 0 Å². The van der Waals surface area contributed by atoms with Crippen LogP contribution in [0.25, 0.3) is 0 Å². The summed E-state index contributed by atoms with van der Waals surface area (Å²) in [4.78, 5) is 14.8. The first-order chi connectivity index (χ1) is 15.2. The molecule has 172 valence electrons. The number of carbonyl (C=O) groups excluding carboxylic acids is 1. The molecule has 1 atom stereocenters. The van der Waals surface area contributed by atoms with Crippen molar-refractivity contribution in [3.8, 4) is 0 Å². The summed E-state index contributed by atoms with van der Waals surface area (Å²) in [6.45, 7) is 3.35. The lowest BCUT2D eigenvalue weighted by atomic mass is 9.98. The summed E-state index contributed by atoms with van der Waals surface area (Å²) in [7, 11) is -3.72. The Morgan fingerprint density at radius 2 is 1.81 bits per heavy atom. The van der Waals surface area contributed by atoms with Crippen LogP contribution < -0.4 is 10.0 Å². The summed E-state index contributed by atoms with van der Waals surface area (Å²) in [6, 6.07) is 0.768. The fraction of sp³-hybridized carbons (Fsp3) is 0.500. The first kappa shape index (κ1) is 21.4. The number of hydrogen-bond acceptors (Lipinski definition) is 6. The van der Waals surface area contributed by atoms with Gasteiger partial charge in [0.05, 0.1) is 6.10 Å². The quantitative estimate of drug-likeness (QED) is 0.545. The third-order valence-corrected chi connectivity index (χ3v) is 7.90. The van der Waals surface area contributed by atoms with E-state index in [-0.39, 0.29) is 17.0 Å². The maximum atomic E-state index is 14.8. The topological polar surface area (TPSA) is 119 Å². The number of nitrogens with zero attached hydrogens (tertiary/aromatic N) is 1. The zero-order chi connectivity index (χ0) is 22.6. The van der Waals surface area contributed by atoms with E-state index in [9.17, 15) is 18.5 Å². The largest absolute Gasteiger partial charge is 0.449 e. The standard InChI is InChI=1S/C22H27FN4O4S/c1-12-13(9-27-10-14(28)11-27)8-19(31-12)32(24,30)26-22(29)25-21-17-6-2-4-15(17)20(23)16-5-3-7-18(16)21/h8,14,28H,2-7,9-11H2,1H3,(H3,24,25,26,29,30). The fourth-order valence-corrected chi connectivity index (χ4v) is 6.02. The molecule has 2 aromatic rings. The van der Waals surface area contributed by atoms with Gasteiger partial charge < -0.3 is 14.8 Å². The van der Waals surface area contributed by atoms with E-state index in [0.29, 0.717) is 67.9 Å². The maximum Gasteiger partial charge on any atom is 0.332 e. The molecular weight excluding hydrogens is 435 g/mol. The number of aryl methyl sites for hydroxylation is 1. The number of hydrogen-bond donors (Lipinski definition) is 4. The van der Waals surface area contributed by atoms with E-state index in [2.05, 4.69) is 10.0 Å². The average molecular weight is 463 g/mol. The molecule has 3 aliphatic rings. The Morgan fingerprint density at radius 1 is 1.22 bits per heavy atom. The summed E-state index contributed by atoms with van der Waals surface area (Å²) >= 11 is 0. The Hall–Kier alpha value is -2.43. The number of amides is 2. The van der Waals surface area contributed by atoms with Gasteiger partial charge in [0, 0.05) is 37.0 Å². The molecule has 0 bridgehead atoms. The van der Waals surface area contributed by atoms with Crippen molar-refractivity contribution in [2.24, 2.45) is 0 Å². The summed E-state index contributed by atoms with van der Waals surface area (Å²) in [5.74, 6) is 0.395. The average Bonchev–Trinajstić information content (AvgIpc) is 3.44. The van der Waals surface area contributed by atoms with Gasteiger partial charge in [-0.15, -0.1) is 0 Å². The van der Waals surface area contributed by atoms with Crippen molar-refractivity contribution in [3.63, 3.8) is 0 Å². The minimum Gasteiger partial charge on any atom is -0.449 e. The lowest BCUT2D eigenvalue weighted by Gasteiger charge is -2.35. The molecule has 4 N–H and O–H groups in total. The lowest BCUT2D eigenvalue weighted by Crippen LogP contribution is -2.49. The number of halogens is 1. The second-order valence-corrected chi connectivity index (χ2v) is 10.6. The molecule has 1 unspecified atom stereocenters. The van der Waals surface area contributed by atoms with Crippen LogP contribution in [0.2, 0.25) is 0 Å². The highest BCUT2D eigenvalue weighted by Gasteiger charge is 2.31. The van der Waals surface area contributed by atoms with E-state index in [4.69, 9.17) is 9.20 Å². The Morgan fingerprint density at radius 3 is 2.41 bits per heavy atom. The van der Waals surface area contributed by atoms with Crippen molar-refractivity contribution in [3.05, 3.63) is 45.5 Å². The van der Waals surface area contributed by atoms with E-state index in [1.807, 2.05) is 4.90 Å². The molecule has 1 aromatic carbocycles. The third kappa shape index (κ3) is 3.70. The van der Waals surface area contributed by atoms with Gasteiger partial charge in [0.15, 0.2) is 9.92 Å². The summed E-state index contributed by atoms with van der Waals surface area (Å²) in [5, 5.41) is 12.1. The number of fused-ring (bicyclic) bond motifs is 2. The van der Waals surface area contributed by atoms with E-state index in [1.165, 1.54) is 6.07 Å². The van der Waals surface area contributed by atoms with Crippen molar-refractivity contribution in [1.29, 1.82) is 4.78 Å². The second-order valence-electron chi connectivity index (χ2n) is 8.92. The zero-order valence-corrected chi connectivity index (χ0v) is 18.7. The Kier molecular flexibility index (Phi) is 5.26. The van der Waals surface area contributed by atoms with Gasteiger partial charge in [-0.2, -0.15) is 0 Å². The summed E-state index contributed by atoms with van der Waals surface area (Å²) < 4.78 is 43.8. The smallest absolute Gasteiger partial charge is 0.332 e. The number of β-amino-alcohol motifs (C(OH)–C–C–N with tert-alkyl or cyclic N) is 1. The molecule has 0 spiro atoms. The number of furan rings is 1. The number of rotatable bonds is 5. The predicted molar refractivity (Wildman–Crippen MR) is 116 cm³/mol. The molecule has 2 aliphatic carbocycles. The van der Waals surface area contributed by atoms with Crippen molar-refractivity contribution in [2.45, 2.75) is 63.2 Å². The zero-order valence-electron chi connectivity index (χ0n) is 17.9. The Labute approximate surface area is 186 Å². The van der Waals surface area contributed by atoms with Gasteiger partial charge in [-0.25, -0.2) is 22.9 Å². The fourth-order valence-electron chi connectivity index (χ4n) is 5.06. The monoisotopic (exact) mass is 462 g/mol. The predicted octanol–water partition coefficient (Wildman–Crippen LogP) is 3.02. The third-order valence-electron chi connectivity index (χ3n) is 6.66. The van der Waals surface area contributed by atoms with Crippen LogP contribution in [0.15, 0.2) is 15.6 Å². The number of nitrogens with one attached hydrogen (secondary N) is 3. The van der Waals surface area contributed by atoms with Crippen molar-refractivity contribution in [2.75, 3.05) is 18.4 Å². The minimum atomic E-state index is -3.72. The van der Waals surface area contributed by atoms with Crippen LogP contribution in [-0.4, -0.2) is 39.4 Å². The van der Waals surface area contributed by atoms with Gasteiger partial charge in [0.2, 0.25) is 5.09 Å². The van der Waals surface area contributed by atoms with Crippen LogP contribution in [0, 0.1) is 17.5 Å². The van der Waals surface area contributed by atoms with Gasteiger partial charge in [0.25, 0.3) is 0 Å². The molecule has 0 radical (unpaired) electrons. The van der Waals surface area contributed by atoms with Crippen LogP contribution in [0.3, 0.4) is 0 Å². The van der Waals surface area contributed by atoms with Crippen molar-refractivity contribution in [1.82, 2.24) is 9.62 Å². The minimum absolute atomic E-state index is 0.115. The highest BCUT2D eigenvalue weighted by atomic mass is 32.2. The number of benzene rings is 1. The molecule has 1 aromatic heterocycles. The van der Waals surface area contributed by atoms with Gasteiger partial charge >= 0.3 is 6.03 Å². The van der Waals surface area contributed by atoms with Gasteiger partial charge in [0.1, 0.15) is 11.6 Å². The summed E-state index contributed by atoms with van der Waals surface area (Å²) in [6.07, 6.45) is 4.04. The highest BCUT2D eigenvalue weighted by molar-refractivity contribution is 7.91. The van der Waals surface area contributed by atoms with Crippen LogP contribution in [0.4, 0.5) is 14.9 Å². The molecule has 8 nitrogen and oxygen atoms in total. The number of aliphatic hydroxyl groups is 1. The van der Waals surface area contributed by atoms with Crippen LogP contribution in [0.5, 0.6) is 0 Å². The number of anilines is 1. The first-order valence-electron chi connectivity index (χ1n) is 10.9. The normalized spacial score (nSPS) is 19.8. The molecule has 1 fully saturated rings. The number of urea groups is 1. The van der Waals surface area contributed by atoms with Crippen LogP contribution in [0.1, 0.15) is 46.4 Å². The van der Waals surface area contributed by atoms with E-state index >= 15 is 0 Å². The Bertz CT molecular complexity index is 1170. The maximum absolute atomic E-state index is 14.8. The van der Waals surface area contributed by atoms with E-state index < -0.39 is 15.9 Å². The van der Waals surface area contributed by atoms with Crippen LogP contribution >= 0.6 is 0 Å². The molecule has 32 heavy (non-hydrogen) atoms. The molecule has 1 saturated heterocycles.